The largest absolute Gasteiger partial charge is 0.481 e. The summed E-state index contributed by atoms with van der Waals surface area (Å²) < 4.78 is 11.2. The molecule has 2 saturated carbocycles. The minimum absolute atomic E-state index is 0.109. The molecule has 130 valence electrons. The number of pyridine rings is 1. The van der Waals surface area contributed by atoms with E-state index in [1.807, 2.05) is 12.1 Å². The molecule has 3 fully saturated rings. The Bertz CT molecular complexity index is 615. The van der Waals surface area contributed by atoms with Crippen LogP contribution in [0.5, 0.6) is 5.88 Å². The molecule has 2 aliphatic carbocycles. The number of carbonyl (C=O) groups is 1. The Kier molecular flexibility index (Phi) is 4.08. The highest BCUT2D eigenvalue weighted by Crippen LogP contribution is 2.60. The van der Waals surface area contributed by atoms with E-state index in [9.17, 15) is 4.79 Å². The maximum absolute atomic E-state index is 12.4. The molecule has 0 aromatic carbocycles. The summed E-state index contributed by atoms with van der Waals surface area (Å²) in [6.45, 7) is 1.25. The van der Waals surface area contributed by atoms with E-state index in [1.165, 1.54) is 25.7 Å². The van der Waals surface area contributed by atoms with Gasteiger partial charge >= 0.3 is 6.03 Å². The average Bonchev–Trinajstić information content (AvgIpc) is 3.26. The van der Waals surface area contributed by atoms with Crippen LogP contribution >= 0.6 is 0 Å². The molecule has 0 unspecified atom stereocenters. The third-order valence-electron chi connectivity index (χ3n) is 6.06. The molecule has 1 spiro atoms. The van der Waals surface area contributed by atoms with Gasteiger partial charge in [0.1, 0.15) is 0 Å². The third-order valence-corrected chi connectivity index (χ3v) is 6.06. The van der Waals surface area contributed by atoms with Gasteiger partial charge in [-0.2, -0.15) is 0 Å². The number of nitrogens with zero attached hydrogens (tertiary/aromatic N) is 1. The van der Waals surface area contributed by atoms with Crippen molar-refractivity contribution in [1.29, 1.82) is 0 Å². The molecule has 3 aliphatic rings. The number of nitrogens with one attached hydrogen (secondary N) is 2. The molecule has 4 rings (SSSR count). The first-order valence-corrected chi connectivity index (χ1v) is 8.88. The number of methoxy groups -OCH3 is 1. The molecule has 2 N–H and O–H groups in total. The topological polar surface area (TPSA) is 72.5 Å². The van der Waals surface area contributed by atoms with E-state index in [1.54, 1.807) is 13.3 Å². The Balaban J connectivity index is 1.37. The number of urea groups is 1. The molecule has 2 heterocycles. The van der Waals surface area contributed by atoms with Crippen LogP contribution in [-0.4, -0.2) is 36.9 Å². The van der Waals surface area contributed by atoms with Crippen LogP contribution in [0.2, 0.25) is 0 Å². The maximum Gasteiger partial charge on any atom is 0.315 e. The van der Waals surface area contributed by atoms with E-state index >= 15 is 0 Å². The van der Waals surface area contributed by atoms with Gasteiger partial charge in [-0.1, -0.05) is 18.9 Å². The van der Waals surface area contributed by atoms with E-state index in [4.69, 9.17) is 9.47 Å². The number of hydrogen-bond donors (Lipinski definition) is 2. The Morgan fingerprint density at radius 2 is 2.29 bits per heavy atom. The van der Waals surface area contributed by atoms with Gasteiger partial charge < -0.3 is 20.1 Å². The average molecular weight is 331 g/mol. The molecule has 0 radical (unpaired) electrons. The SMILES string of the molecule is COc1ncccc1CNC(=O)N[C@@H]1[C@@H]2CCO[C@H]2C12CCCC2. The minimum atomic E-state index is -0.109. The van der Waals surface area contributed by atoms with Crippen molar-refractivity contribution in [2.75, 3.05) is 13.7 Å². The molecule has 1 aromatic rings. The van der Waals surface area contributed by atoms with Crippen LogP contribution in [0.4, 0.5) is 4.79 Å². The molecule has 3 atom stereocenters. The van der Waals surface area contributed by atoms with Crippen molar-refractivity contribution in [2.24, 2.45) is 11.3 Å². The van der Waals surface area contributed by atoms with E-state index in [0.29, 0.717) is 24.4 Å². The summed E-state index contributed by atoms with van der Waals surface area (Å²) in [5, 5.41) is 6.19. The fourth-order valence-electron chi connectivity index (χ4n) is 5.01. The zero-order valence-corrected chi connectivity index (χ0v) is 14.1. The summed E-state index contributed by atoms with van der Waals surface area (Å²) in [4.78, 5) is 16.6. The summed E-state index contributed by atoms with van der Waals surface area (Å²) in [5.74, 6) is 1.04. The van der Waals surface area contributed by atoms with Crippen molar-refractivity contribution in [3.8, 4) is 5.88 Å². The molecular formula is C18H25N3O3. The van der Waals surface area contributed by atoms with Gasteiger partial charge in [-0.15, -0.1) is 0 Å². The molecule has 1 aromatic heterocycles. The predicted octanol–water partition coefficient (Wildman–Crippen LogP) is 2.24. The smallest absolute Gasteiger partial charge is 0.315 e. The summed E-state index contributed by atoms with van der Waals surface area (Å²) >= 11 is 0. The molecule has 0 bridgehead atoms. The number of amides is 2. The van der Waals surface area contributed by atoms with Gasteiger partial charge in [0, 0.05) is 42.3 Å². The number of aromatic nitrogens is 1. The van der Waals surface area contributed by atoms with Gasteiger partial charge in [0.15, 0.2) is 0 Å². The zero-order chi connectivity index (χ0) is 16.6. The summed E-state index contributed by atoms with van der Waals surface area (Å²) in [7, 11) is 1.59. The fourth-order valence-corrected chi connectivity index (χ4v) is 5.01. The van der Waals surface area contributed by atoms with Gasteiger partial charge in [0.05, 0.1) is 13.2 Å². The lowest BCUT2D eigenvalue weighted by molar-refractivity contribution is -0.126. The lowest BCUT2D eigenvalue weighted by atomic mass is 9.54. The van der Waals surface area contributed by atoms with Crippen molar-refractivity contribution in [3.63, 3.8) is 0 Å². The van der Waals surface area contributed by atoms with Gasteiger partial charge in [0.2, 0.25) is 5.88 Å². The van der Waals surface area contributed by atoms with E-state index in [-0.39, 0.29) is 17.5 Å². The first kappa shape index (κ1) is 15.7. The molecule has 6 heteroatoms. The van der Waals surface area contributed by atoms with E-state index < -0.39 is 0 Å². The van der Waals surface area contributed by atoms with Crippen LogP contribution in [0.15, 0.2) is 18.3 Å². The highest BCUT2D eigenvalue weighted by atomic mass is 16.5. The second-order valence-electron chi connectivity index (χ2n) is 7.16. The molecule has 2 amide bonds. The van der Waals surface area contributed by atoms with Crippen LogP contribution in [0.25, 0.3) is 0 Å². The highest BCUT2D eigenvalue weighted by molar-refractivity contribution is 5.74. The van der Waals surface area contributed by atoms with Crippen molar-refractivity contribution in [1.82, 2.24) is 15.6 Å². The van der Waals surface area contributed by atoms with E-state index in [2.05, 4.69) is 15.6 Å². The fraction of sp³-hybridized carbons (Fsp3) is 0.667. The summed E-state index contributed by atoms with van der Waals surface area (Å²) in [6.07, 6.45) is 7.96. The lowest BCUT2D eigenvalue weighted by Crippen LogP contribution is -2.69. The van der Waals surface area contributed by atoms with Gasteiger partial charge in [-0.05, 0) is 25.3 Å². The monoisotopic (exact) mass is 331 g/mol. The van der Waals surface area contributed by atoms with Crippen LogP contribution < -0.4 is 15.4 Å². The Morgan fingerprint density at radius 1 is 1.46 bits per heavy atom. The first-order valence-electron chi connectivity index (χ1n) is 8.88. The molecule has 24 heavy (non-hydrogen) atoms. The van der Waals surface area contributed by atoms with E-state index in [0.717, 1.165) is 18.6 Å². The van der Waals surface area contributed by atoms with Crippen molar-refractivity contribution in [3.05, 3.63) is 23.9 Å². The Hall–Kier alpha value is -1.82. The second-order valence-corrected chi connectivity index (χ2v) is 7.16. The molecular weight excluding hydrogens is 306 g/mol. The van der Waals surface area contributed by atoms with Crippen LogP contribution in [-0.2, 0) is 11.3 Å². The van der Waals surface area contributed by atoms with Crippen LogP contribution in [0, 0.1) is 11.3 Å². The summed E-state index contributed by atoms with van der Waals surface area (Å²) in [5.41, 5.74) is 1.06. The molecule has 1 aliphatic heterocycles. The van der Waals surface area contributed by atoms with Crippen LogP contribution in [0.1, 0.15) is 37.7 Å². The zero-order valence-electron chi connectivity index (χ0n) is 14.1. The Labute approximate surface area is 142 Å². The number of rotatable bonds is 4. The lowest BCUT2D eigenvalue weighted by Gasteiger charge is -2.56. The standard InChI is InChI=1S/C18H25N3O3/c1-23-16-12(5-4-9-19-16)11-20-17(22)21-14-13-6-10-24-15(13)18(14)7-2-3-8-18/h4-5,9,13-15H,2-3,6-8,10-11H2,1H3,(H2,20,21,22)/t13-,14+,15+/m0/s1. The number of hydrogen-bond acceptors (Lipinski definition) is 4. The van der Waals surface area contributed by atoms with Crippen molar-refractivity contribution in [2.45, 2.75) is 50.8 Å². The first-order chi connectivity index (χ1) is 11.7. The molecule has 1 saturated heterocycles. The quantitative estimate of drug-likeness (QED) is 0.887. The predicted molar refractivity (Wildman–Crippen MR) is 88.7 cm³/mol. The van der Waals surface area contributed by atoms with Gasteiger partial charge in [-0.3, -0.25) is 0 Å². The number of fused-ring (bicyclic) bond motifs is 2. The minimum Gasteiger partial charge on any atom is -0.481 e. The summed E-state index contributed by atoms with van der Waals surface area (Å²) in [6, 6.07) is 3.90. The highest BCUT2D eigenvalue weighted by Gasteiger charge is 2.65. The van der Waals surface area contributed by atoms with Gasteiger partial charge in [-0.25, -0.2) is 9.78 Å². The third kappa shape index (κ3) is 2.44. The normalized spacial score (nSPS) is 29.8. The number of carbonyl (C=O) groups excluding carboxylic acids is 1. The van der Waals surface area contributed by atoms with Gasteiger partial charge in [0.25, 0.3) is 0 Å². The second kappa shape index (κ2) is 6.24. The molecule has 6 nitrogen and oxygen atoms in total. The van der Waals surface area contributed by atoms with Crippen molar-refractivity contribution < 1.29 is 14.3 Å². The van der Waals surface area contributed by atoms with Crippen molar-refractivity contribution >= 4 is 6.03 Å². The Morgan fingerprint density at radius 3 is 3.08 bits per heavy atom. The number of ether oxygens (including phenoxy) is 2. The van der Waals surface area contributed by atoms with Crippen LogP contribution in [0.3, 0.4) is 0 Å². The maximum atomic E-state index is 12.4.